The Bertz CT molecular complexity index is 598. The molecule has 0 radical (unpaired) electrons. The molecule has 2 aliphatic heterocycles. The van der Waals surface area contributed by atoms with Gasteiger partial charge in [0.05, 0.1) is 10.6 Å². The van der Waals surface area contributed by atoms with E-state index in [2.05, 4.69) is 25.9 Å². The predicted molar refractivity (Wildman–Crippen MR) is 80.7 cm³/mol. The van der Waals surface area contributed by atoms with Crippen LogP contribution >= 0.6 is 11.8 Å². The van der Waals surface area contributed by atoms with Gasteiger partial charge in [-0.2, -0.15) is 0 Å². The Kier molecular flexibility index (Phi) is 4.16. The Morgan fingerprint density at radius 3 is 3.05 bits per heavy atom. The number of piperidine rings is 1. The highest BCUT2D eigenvalue weighted by Gasteiger charge is 2.25. The van der Waals surface area contributed by atoms with E-state index in [1.54, 1.807) is 18.3 Å². The molecule has 3 heterocycles. The molecule has 3 N–H and O–H groups in total. The first-order valence-electron chi connectivity index (χ1n) is 6.76. The number of amides is 2. The third-order valence-electron chi connectivity index (χ3n) is 3.23. The van der Waals surface area contributed by atoms with Crippen molar-refractivity contribution in [3.8, 4) is 0 Å². The Morgan fingerprint density at radius 1 is 1.43 bits per heavy atom. The lowest BCUT2D eigenvalue weighted by molar-refractivity contribution is -0.115. The van der Waals surface area contributed by atoms with E-state index in [0.717, 1.165) is 37.7 Å². The smallest absolute Gasteiger partial charge is 0.290 e. The maximum atomic E-state index is 11.5. The van der Waals surface area contributed by atoms with Crippen LogP contribution in [0.1, 0.15) is 18.5 Å². The summed E-state index contributed by atoms with van der Waals surface area (Å²) in [6.45, 7) is 1.94. The van der Waals surface area contributed by atoms with Gasteiger partial charge in [0.25, 0.3) is 11.1 Å². The molecule has 1 aromatic heterocycles. The van der Waals surface area contributed by atoms with Gasteiger partial charge in [-0.15, -0.1) is 0 Å². The Hall–Kier alpha value is -1.93. The molecule has 0 spiro atoms. The lowest BCUT2D eigenvalue weighted by atomic mass is 10.1. The summed E-state index contributed by atoms with van der Waals surface area (Å²) in [5.41, 5.74) is 0.601. The van der Waals surface area contributed by atoms with Gasteiger partial charge in [0.15, 0.2) is 0 Å². The lowest BCUT2D eigenvalue weighted by Gasteiger charge is -2.23. The Morgan fingerprint density at radius 2 is 2.33 bits per heavy atom. The molecule has 110 valence electrons. The van der Waals surface area contributed by atoms with Crippen LogP contribution in [-0.2, 0) is 4.79 Å². The van der Waals surface area contributed by atoms with Crippen molar-refractivity contribution >= 4 is 34.9 Å². The number of hydrogen-bond donors (Lipinski definition) is 3. The molecule has 2 aliphatic rings. The van der Waals surface area contributed by atoms with Crippen molar-refractivity contribution in [2.24, 2.45) is 0 Å². The predicted octanol–water partition coefficient (Wildman–Crippen LogP) is 0.964. The summed E-state index contributed by atoms with van der Waals surface area (Å²) in [5.74, 6) is 0.155. The fourth-order valence-corrected chi connectivity index (χ4v) is 2.90. The van der Waals surface area contributed by atoms with E-state index in [4.69, 9.17) is 0 Å². The number of thioether (sulfide) groups is 1. The van der Waals surface area contributed by atoms with Crippen molar-refractivity contribution < 1.29 is 9.59 Å². The quantitative estimate of drug-likeness (QED) is 0.716. The highest BCUT2D eigenvalue weighted by atomic mass is 32.2. The van der Waals surface area contributed by atoms with E-state index >= 15 is 0 Å². The number of hydrogen-bond acceptors (Lipinski definition) is 7. The molecular weight excluding hydrogens is 290 g/mol. The van der Waals surface area contributed by atoms with E-state index in [1.165, 1.54) is 0 Å². The normalized spacial score (nSPS) is 24.2. The first-order chi connectivity index (χ1) is 10.2. The van der Waals surface area contributed by atoms with E-state index in [-0.39, 0.29) is 11.1 Å². The average Bonchev–Trinajstić information content (AvgIpc) is 2.78. The number of anilines is 1. The van der Waals surface area contributed by atoms with Gasteiger partial charge in [0.2, 0.25) is 5.95 Å². The zero-order valence-corrected chi connectivity index (χ0v) is 12.1. The molecular formula is C13H15N5O2S. The monoisotopic (exact) mass is 305 g/mol. The molecule has 0 bridgehead atoms. The number of nitrogens with one attached hydrogen (secondary N) is 3. The van der Waals surface area contributed by atoms with Crippen LogP contribution in [0, 0.1) is 0 Å². The van der Waals surface area contributed by atoms with E-state index in [9.17, 15) is 9.59 Å². The molecule has 8 heteroatoms. The van der Waals surface area contributed by atoms with Crippen LogP contribution in [0.3, 0.4) is 0 Å². The van der Waals surface area contributed by atoms with Gasteiger partial charge >= 0.3 is 0 Å². The molecule has 1 unspecified atom stereocenters. The van der Waals surface area contributed by atoms with Crippen molar-refractivity contribution in [3.63, 3.8) is 0 Å². The number of aromatic nitrogens is 2. The van der Waals surface area contributed by atoms with Gasteiger partial charge in [-0.1, -0.05) is 0 Å². The molecule has 0 aromatic carbocycles. The minimum absolute atomic E-state index is 0.312. The zero-order valence-electron chi connectivity index (χ0n) is 11.3. The first kappa shape index (κ1) is 14.0. The number of nitrogens with zero attached hydrogens (tertiary/aromatic N) is 2. The molecule has 2 fully saturated rings. The summed E-state index contributed by atoms with van der Waals surface area (Å²) in [5, 5.41) is 8.46. The molecule has 21 heavy (non-hydrogen) atoms. The highest BCUT2D eigenvalue weighted by molar-refractivity contribution is 8.18. The summed E-state index contributed by atoms with van der Waals surface area (Å²) in [7, 11) is 0. The van der Waals surface area contributed by atoms with Gasteiger partial charge in [-0.25, -0.2) is 9.97 Å². The van der Waals surface area contributed by atoms with Crippen molar-refractivity contribution in [2.75, 3.05) is 18.4 Å². The van der Waals surface area contributed by atoms with Crippen molar-refractivity contribution in [1.82, 2.24) is 20.6 Å². The van der Waals surface area contributed by atoms with Gasteiger partial charge in [-0.3, -0.25) is 14.9 Å². The third kappa shape index (κ3) is 3.59. The van der Waals surface area contributed by atoms with Gasteiger partial charge in [-0.05, 0) is 43.3 Å². The van der Waals surface area contributed by atoms with Crippen molar-refractivity contribution in [1.29, 1.82) is 0 Å². The van der Waals surface area contributed by atoms with Gasteiger partial charge in [0, 0.05) is 18.8 Å². The molecule has 7 nitrogen and oxygen atoms in total. The summed E-state index contributed by atoms with van der Waals surface area (Å²) in [6.07, 6.45) is 5.43. The first-order valence-corrected chi connectivity index (χ1v) is 7.57. The molecule has 1 atom stereocenters. The second-order valence-electron chi connectivity index (χ2n) is 4.84. The van der Waals surface area contributed by atoms with E-state index in [1.807, 2.05) is 0 Å². The molecule has 2 saturated heterocycles. The molecule has 2 amide bonds. The SMILES string of the molecule is O=C1NC(=O)/C(=C/c2ccnc(NC3CCCNC3)n2)S1. The van der Waals surface area contributed by atoms with E-state index in [0.29, 0.717) is 22.6 Å². The minimum Gasteiger partial charge on any atom is -0.350 e. The molecule has 0 aliphatic carbocycles. The van der Waals surface area contributed by atoms with Crippen LogP contribution in [-0.4, -0.2) is 40.2 Å². The van der Waals surface area contributed by atoms with Crippen LogP contribution in [0.2, 0.25) is 0 Å². The van der Waals surface area contributed by atoms with Crippen LogP contribution in [0.25, 0.3) is 6.08 Å². The molecule has 3 rings (SSSR count). The van der Waals surface area contributed by atoms with Crippen molar-refractivity contribution in [2.45, 2.75) is 18.9 Å². The standard InChI is InChI=1S/C13H15N5O2S/c19-11-10(21-13(20)18-11)6-8-3-5-15-12(16-8)17-9-2-1-4-14-7-9/h3,5-6,9,14H,1-2,4,7H2,(H,15,16,17)(H,18,19,20)/b10-6-. The van der Waals surface area contributed by atoms with Crippen LogP contribution in [0.4, 0.5) is 10.7 Å². The number of imide groups is 1. The summed E-state index contributed by atoms with van der Waals surface area (Å²) >= 11 is 0.881. The number of rotatable bonds is 3. The van der Waals surface area contributed by atoms with Crippen LogP contribution in [0.15, 0.2) is 17.2 Å². The van der Waals surface area contributed by atoms with Crippen LogP contribution < -0.4 is 16.0 Å². The maximum absolute atomic E-state index is 11.5. The van der Waals surface area contributed by atoms with Crippen LogP contribution in [0.5, 0.6) is 0 Å². The number of carbonyl (C=O) groups is 2. The Balaban J connectivity index is 1.72. The lowest BCUT2D eigenvalue weighted by Crippen LogP contribution is -2.38. The fraction of sp³-hybridized carbons (Fsp3) is 0.385. The topological polar surface area (TPSA) is 96.0 Å². The maximum Gasteiger partial charge on any atom is 0.290 e. The van der Waals surface area contributed by atoms with E-state index < -0.39 is 0 Å². The second-order valence-corrected chi connectivity index (χ2v) is 5.86. The minimum atomic E-state index is -0.380. The second kappa shape index (κ2) is 6.23. The molecule has 0 saturated carbocycles. The fourth-order valence-electron chi connectivity index (χ4n) is 2.24. The van der Waals surface area contributed by atoms with Crippen molar-refractivity contribution in [3.05, 3.63) is 22.9 Å². The molecule has 1 aromatic rings. The summed E-state index contributed by atoms with van der Waals surface area (Å²) in [4.78, 5) is 31.5. The third-order valence-corrected chi connectivity index (χ3v) is 4.04. The van der Waals surface area contributed by atoms with Gasteiger partial charge in [0.1, 0.15) is 0 Å². The zero-order chi connectivity index (χ0) is 14.7. The largest absolute Gasteiger partial charge is 0.350 e. The van der Waals surface area contributed by atoms with Gasteiger partial charge < -0.3 is 10.6 Å². The highest BCUT2D eigenvalue weighted by Crippen LogP contribution is 2.25. The Labute approximate surface area is 126 Å². The summed E-state index contributed by atoms with van der Waals surface area (Å²) < 4.78 is 0. The average molecular weight is 305 g/mol. The summed E-state index contributed by atoms with van der Waals surface area (Å²) in [6, 6.07) is 2.01. The number of carbonyl (C=O) groups excluding carboxylic acids is 2.